The van der Waals surface area contributed by atoms with Crippen LogP contribution >= 0.6 is 0 Å². The first kappa shape index (κ1) is 17.2. The first-order valence-corrected chi connectivity index (χ1v) is 7.74. The number of hydrogen-bond acceptors (Lipinski definition) is 3. The van der Waals surface area contributed by atoms with Gasteiger partial charge in [0.05, 0.1) is 12.0 Å². The van der Waals surface area contributed by atoms with Crippen LogP contribution < -0.4 is 0 Å². The molecule has 0 aromatic rings. The van der Waals surface area contributed by atoms with Gasteiger partial charge in [0.25, 0.3) is 0 Å². The molecule has 1 saturated carbocycles. The molecule has 0 bridgehead atoms. The molecule has 0 amide bonds. The monoisotopic (exact) mass is 282 g/mol. The van der Waals surface area contributed by atoms with Crippen molar-refractivity contribution in [3.05, 3.63) is 12.2 Å². The van der Waals surface area contributed by atoms with E-state index in [1.165, 1.54) is 0 Å². The Morgan fingerprint density at radius 1 is 1.30 bits per heavy atom. The molecule has 0 unspecified atom stereocenters. The van der Waals surface area contributed by atoms with E-state index in [0.717, 1.165) is 37.9 Å². The quantitative estimate of drug-likeness (QED) is 0.418. The molecule has 0 heterocycles. The minimum atomic E-state index is -0.420. The molecule has 0 spiro atoms. The number of hydrogen-bond donors (Lipinski definition) is 0. The molecule has 20 heavy (non-hydrogen) atoms. The van der Waals surface area contributed by atoms with Crippen LogP contribution in [0.1, 0.15) is 60.3 Å². The zero-order chi connectivity index (χ0) is 15.3. The molecule has 0 N–H and O–H groups in total. The van der Waals surface area contributed by atoms with Crippen LogP contribution in [0.2, 0.25) is 0 Å². The largest absolute Gasteiger partial charge is 0.460 e. The highest BCUT2D eigenvalue weighted by Gasteiger charge is 2.40. The fourth-order valence-corrected chi connectivity index (χ4v) is 2.66. The van der Waals surface area contributed by atoms with Crippen LogP contribution in [0.25, 0.3) is 0 Å². The van der Waals surface area contributed by atoms with Crippen molar-refractivity contribution in [3.63, 3.8) is 0 Å². The lowest BCUT2D eigenvalue weighted by atomic mass is 9.97. The van der Waals surface area contributed by atoms with Crippen molar-refractivity contribution in [3.8, 4) is 0 Å². The first-order valence-electron chi connectivity index (χ1n) is 7.74. The second kappa shape index (κ2) is 7.26. The zero-order valence-corrected chi connectivity index (χ0v) is 13.7. The summed E-state index contributed by atoms with van der Waals surface area (Å²) in [5.74, 6) is 0.136. The maximum absolute atomic E-state index is 12.2. The second-order valence-electron chi connectivity index (χ2n) is 6.92. The van der Waals surface area contributed by atoms with Crippen molar-refractivity contribution >= 4 is 5.97 Å². The Morgan fingerprint density at radius 3 is 2.45 bits per heavy atom. The number of unbranched alkanes of at least 4 members (excludes halogenated alkanes) is 1. The molecule has 0 aromatic carbocycles. The summed E-state index contributed by atoms with van der Waals surface area (Å²) < 4.78 is 11.5. The van der Waals surface area contributed by atoms with Gasteiger partial charge in [-0.1, -0.05) is 25.5 Å². The molecule has 0 aromatic heterocycles. The van der Waals surface area contributed by atoms with E-state index < -0.39 is 5.60 Å². The van der Waals surface area contributed by atoms with E-state index in [9.17, 15) is 4.79 Å². The van der Waals surface area contributed by atoms with Crippen LogP contribution in [0.4, 0.5) is 0 Å². The van der Waals surface area contributed by atoms with Crippen molar-refractivity contribution in [1.82, 2.24) is 0 Å². The van der Waals surface area contributed by atoms with Gasteiger partial charge in [-0.25, -0.2) is 0 Å². The molecule has 1 fully saturated rings. The van der Waals surface area contributed by atoms with Crippen LogP contribution in [0, 0.1) is 11.8 Å². The minimum absolute atomic E-state index is 0.0532. The molecule has 3 nitrogen and oxygen atoms in total. The molecule has 116 valence electrons. The average molecular weight is 282 g/mol. The van der Waals surface area contributed by atoms with Gasteiger partial charge < -0.3 is 9.47 Å². The average Bonchev–Trinajstić information content (AvgIpc) is 2.71. The summed E-state index contributed by atoms with van der Waals surface area (Å²) in [5.41, 5.74) is 0.689. The Kier molecular flexibility index (Phi) is 6.25. The van der Waals surface area contributed by atoms with Gasteiger partial charge in [-0.05, 0) is 47.0 Å². The summed E-state index contributed by atoms with van der Waals surface area (Å²) in [5, 5.41) is 0. The molecule has 0 radical (unpaired) electrons. The van der Waals surface area contributed by atoms with Gasteiger partial charge in [-0.2, -0.15) is 0 Å². The number of esters is 1. The summed E-state index contributed by atoms with van der Waals surface area (Å²) in [4.78, 5) is 12.2. The van der Waals surface area contributed by atoms with Gasteiger partial charge in [0, 0.05) is 12.5 Å². The summed E-state index contributed by atoms with van der Waals surface area (Å²) in [6, 6.07) is 0. The number of rotatable bonds is 6. The van der Waals surface area contributed by atoms with Crippen molar-refractivity contribution in [1.29, 1.82) is 0 Å². The van der Waals surface area contributed by atoms with Crippen LogP contribution in [0.5, 0.6) is 0 Å². The van der Waals surface area contributed by atoms with Gasteiger partial charge in [0.15, 0.2) is 0 Å². The van der Waals surface area contributed by atoms with Crippen molar-refractivity contribution in [2.45, 2.75) is 72.0 Å². The van der Waals surface area contributed by atoms with E-state index in [-0.39, 0.29) is 23.9 Å². The summed E-state index contributed by atoms with van der Waals surface area (Å²) in [6.45, 7) is 14.7. The number of carbonyl (C=O) groups excluding carboxylic acids is 1. The highest BCUT2D eigenvalue weighted by atomic mass is 16.6. The molecule has 1 rings (SSSR count). The molecule has 0 aliphatic heterocycles. The topological polar surface area (TPSA) is 35.5 Å². The number of ether oxygens (including phenoxy) is 2. The molecule has 0 saturated heterocycles. The summed E-state index contributed by atoms with van der Waals surface area (Å²) in [6.07, 6.45) is 3.88. The SMILES string of the molecule is C=C(C)[C@H]1C[C@H](C(=O)OC(C)(C)C)C[C@@H]1OCCCC. The van der Waals surface area contributed by atoms with E-state index in [1.807, 2.05) is 27.7 Å². The predicted molar refractivity (Wildman–Crippen MR) is 81.5 cm³/mol. The van der Waals surface area contributed by atoms with Crippen LogP contribution in [0.15, 0.2) is 12.2 Å². The van der Waals surface area contributed by atoms with E-state index in [2.05, 4.69) is 13.5 Å². The van der Waals surface area contributed by atoms with Gasteiger partial charge in [-0.3, -0.25) is 4.79 Å². The molecule has 3 heteroatoms. The maximum Gasteiger partial charge on any atom is 0.309 e. The standard InChI is InChI=1S/C17H30O3/c1-7-8-9-19-15-11-13(10-14(15)12(2)3)16(18)20-17(4,5)6/h13-15H,2,7-11H2,1,3-6H3/t13-,14+,15-/m0/s1. The third-order valence-corrected chi connectivity index (χ3v) is 3.71. The summed E-state index contributed by atoms with van der Waals surface area (Å²) in [7, 11) is 0. The third kappa shape index (κ3) is 5.28. The van der Waals surface area contributed by atoms with Crippen LogP contribution in [0.3, 0.4) is 0 Å². The fraction of sp³-hybridized carbons (Fsp3) is 0.824. The Bertz CT molecular complexity index is 341. The predicted octanol–water partition coefficient (Wildman–Crippen LogP) is 4.12. The van der Waals surface area contributed by atoms with E-state index >= 15 is 0 Å². The minimum Gasteiger partial charge on any atom is -0.460 e. The second-order valence-corrected chi connectivity index (χ2v) is 6.92. The molecular weight excluding hydrogens is 252 g/mol. The lowest BCUT2D eigenvalue weighted by Crippen LogP contribution is -2.28. The Morgan fingerprint density at radius 2 is 1.95 bits per heavy atom. The maximum atomic E-state index is 12.2. The number of carbonyl (C=O) groups is 1. The van der Waals surface area contributed by atoms with Crippen LogP contribution in [-0.2, 0) is 14.3 Å². The first-order chi connectivity index (χ1) is 9.24. The van der Waals surface area contributed by atoms with Gasteiger partial charge in [0.1, 0.15) is 5.60 Å². The Balaban J connectivity index is 2.60. The summed E-state index contributed by atoms with van der Waals surface area (Å²) >= 11 is 0. The van der Waals surface area contributed by atoms with E-state index in [1.54, 1.807) is 0 Å². The van der Waals surface area contributed by atoms with Crippen molar-refractivity contribution in [2.24, 2.45) is 11.8 Å². The molecular formula is C17H30O3. The van der Waals surface area contributed by atoms with Gasteiger partial charge in [0.2, 0.25) is 0 Å². The van der Waals surface area contributed by atoms with Gasteiger partial charge in [-0.15, -0.1) is 0 Å². The molecule has 3 atom stereocenters. The lowest BCUT2D eigenvalue weighted by Gasteiger charge is -2.22. The van der Waals surface area contributed by atoms with Gasteiger partial charge >= 0.3 is 5.97 Å². The highest BCUT2D eigenvalue weighted by molar-refractivity contribution is 5.73. The lowest BCUT2D eigenvalue weighted by molar-refractivity contribution is -0.160. The van der Waals surface area contributed by atoms with Crippen molar-refractivity contribution in [2.75, 3.05) is 6.61 Å². The molecule has 1 aliphatic carbocycles. The Labute approximate surface area is 123 Å². The third-order valence-electron chi connectivity index (χ3n) is 3.71. The normalized spacial score (nSPS) is 26.6. The molecule has 1 aliphatic rings. The van der Waals surface area contributed by atoms with E-state index in [4.69, 9.17) is 9.47 Å². The van der Waals surface area contributed by atoms with Crippen molar-refractivity contribution < 1.29 is 14.3 Å². The van der Waals surface area contributed by atoms with Crippen LogP contribution in [-0.4, -0.2) is 24.3 Å². The van der Waals surface area contributed by atoms with E-state index in [0.29, 0.717) is 0 Å². The fourth-order valence-electron chi connectivity index (χ4n) is 2.66. The smallest absolute Gasteiger partial charge is 0.309 e. The Hall–Kier alpha value is -0.830. The highest BCUT2D eigenvalue weighted by Crippen LogP contribution is 2.38. The zero-order valence-electron chi connectivity index (χ0n) is 13.7.